The molecule has 8 heteroatoms. The Labute approximate surface area is 83.9 Å². The maximum Gasteiger partial charge on any atom is 0.396 e. The number of aromatic nitrogens is 2. The van der Waals surface area contributed by atoms with E-state index in [0.717, 1.165) is 0 Å². The summed E-state index contributed by atoms with van der Waals surface area (Å²) in [6.45, 7) is 0. The molecule has 2 N–H and O–H groups in total. The quantitative estimate of drug-likeness (QED) is 0.811. The van der Waals surface area contributed by atoms with Crippen LogP contribution >= 0.6 is 15.9 Å². The first kappa shape index (κ1) is 11.0. The van der Waals surface area contributed by atoms with Crippen molar-refractivity contribution in [3.8, 4) is 5.88 Å². The number of aromatic hydroxyl groups is 1. The van der Waals surface area contributed by atoms with Crippen molar-refractivity contribution in [2.24, 2.45) is 0 Å². The van der Waals surface area contributed by atoms with Crippen LogP contribution in [0.4, 0.5) is 13.2 Å². The largest absolute Gasteiger partial charge is 0.492 e. The van der Waals surface area contributed by atoms with Crippen molar-refractivity contribution in [1.29, 1.82) is 0 Å². The van der Waals surface area contributed by atoms with Crippen molar-refractivity contribution in [1.82, 2.24) is 9.97 Å². The van der Waals surface area contributed by atoms with Crippen molar-refractivity contribution in [2.45, 2.75) is 12.6 Å². The van der Waals surface area contributed by atoms with Crippen molar-refractivity contribution in [3.63, 3.8) is 0 Å². The molecule has 14 heavy (non-hydrogen) atoms. The molecule has 0 saturated carbocycles. The van der Waals surface area contributed by atoms with E-state index in [2.05, 4.69) is 20.9 Å². The number of halogens is 4. The molecule has 0 atom stereocenters. The molecule has 1 rings (SSSR count). The molecule has 0 radical (unpaired) electrons. The number of rotatable bonds is 1. The van der Waals surface area contributed by atoms with Crippen molar-refractivity contribution >= 4 is 15.9 Å². The number of H-pyrrole nitrogens is 1. The van der Waals surface area contributed by atoms with Gasteiger partial charge in [-0.15, -0.1) is 0 Å². The zero-order chi connectivity index (χ0) is 10.9. The summed E-state index contributed by atoms with van der Waals surface area (Å²) in [7, 11) is 0. The maximum atomic E-state index is 11.8. The van der Waals surface area contributed by atoms with Gasteiger partial charge in [-0.1, -0.05) is 0 Å². The summed E-state index contributed by atoms with van der Waals surface area (Å²) >= 11 is 2.66. The summed E-state index contributed by atoms with van der Waals surface area (Å²) in [5.41, 5.74) is -0.850. The van der Waals surface area contributed by atoms with E-state index in [1.165, 1.54) is 0 Å². The molecule has 1 aromatic rings. The van der Waals surface area contributed by atoms with Gasteiger partial charge in [-0.3, -0.25) is 4.79 Å². The maximum absolute atomic E-state index is 11.8. The average Bonchev–Trinajstić information content (AvgIpc) is 1.96. The minimum atomic E-state index is -4.48. The number of nitrogens with zero attached hydrogens (tertiary/aromatic N) is 1. The molecule has 1 heterocycles. The van der Waals surface area contributed by atoms with Gasteiger partial charge in [0.05, 0.1) is 0 Å². The summed E-state index contributed by atoms with van der Waals surface area (Å²) in [4.78, 5) is 15.9. The number of hydrogen-bond acceptors (Lipinski definition) is 3. The predicted molar refractivity (Wildman–Crippen MR) is 44.0 cm³/mol. The van der Waals surface area contributed by atoms with E-state index in [0.29, 0.717) is 0 Å². The van der Waals surface area contributed by atoms with Gasteiger partial charge in [-0.05, 0) is 15.9 Å². The third-order valence-electron chi connectivity index (χ3n) is 1.26. The molecule has 0 aromatic carbocycles. The third kappa shape index (κ3) is 2.72. The predicted octanol–water partition coefficient (Wildman–Crippen LogP) is 1.34. The van der Waals surface area contributed by atoms with Gasteiger partial charge < -0.3 is 10.1 Å². The Morgan fingerprint density at radius 3 is 2.50 bits per heavy atom. The van der Waals surface area contributed by atoms with Crippen LogP contribution in [0.2, 0.25) is 0 Å². The minimum Gasteiger partial charge on any atom is -0.492 e. The lowest BCUT2D eigenvalue weighted by Gasteiger charge is -2.05. The number of alkyl halides is 3. The average molecular weight is 273 g/mol. The van der Waals surface area contributed by atoms with Crippen LogP contribution in [0.25, 0.3) is 0 Å². The highest BCUT2D eigenvalue weighted by molar-refractivity contribution is 9.10. The zero-order valence-electron chi connectivity index (χ0n) is 6.52. The van der Waals surface area contributed by atoms with Crippen LogP contribution in [0.15, 0.2) is 9.27 Å². The van der Waals surface area contributed by atoms with Crippen LogP contribution in [-0.4, -0.2) is 21.3 Å². The summed E-state index contributed by atoms with van der Waals surface area (Å²) in [5.74, 6) is -1.38. The molecule has 0 aliphatic carbocycles. The van der Waals surface area contributed by atoms with Crippen LogP contribution < -0.4 is 5.56 Å². The van der Waals surface area contributed by atoms with Crippen molar-refractivity contribution in [2.75, 3.05) is 0 Å². The van der Waals surface area contributed by atoms with Crippen LogP contribution in [-0.2, 0) is 6.42 Å². The van der Waals surface area contributed by atoms with E-state index < -0.39 is 29.9 Å². The molecule has 1 aromatic heterocycles. The Morgan fingerprint density at radius 1 is 1.50 bits per heavy atom. The Bertz CT molecular complexity index is 401. The van der Waals surface area contributed by atoms with Crippen LogP contribution in [0, 0.1) is 0 Å². The second kappa shape index (κ2) is 3.60. The van der Waals surface area contributed by atoms with Gasteiger partial charge in [-0.25, -0.2) is 0 Å². The molecule has 0 bridgehead atoms. The van der Waals surface area contributed by atoms with Crippen LogP contribution in [0.5, 0.6) is 5.88 Å². The topological polar surface area (TPSA) is 66.0 Å². The molecule has 0 aliphatic rings. The Morgan fingerprint density at radius 2 is 2.07 bits per heavy atom. The van der Waals surface area contributed by atoms with Gasteiger partial charge in [0.1, 0.15) is 16.7 Å². The molecule has 0 unspecified atom stereocenters. The van der Waals surface area contributed by atoms with E-state index in [1.54, 1.807) is 0 Å². The van der Waals surface area contributed by atoms with Gasteiger partial charge >= 0.3 is 6.18 Å². The van der Waals surface area contributed by atoms with E-state index >= 15 is 0 Å². The first-order valence-corrected chi connectivity index (χ1v) is 4.13. The van der Waals surface area contributed by atoms with Crippen LogP contribution in [0.1, 0.15) is 5.82 Å². The smallest absolute Gasteiger partial charge is 0.396 e. The summed E-state index contributed by atoms with van der Waals surface area (Å²) < 4.78 is 35.3. The zero-order valence-corrected chi connectivity index (χ0v) is 8.11. The first-order valence-electron chi connectivity index (χ1n) is 3.34. The molecule has 0 spiro atoms. The first-order chi connectivity index (χ1) is 6.29. The number of aromatic amines is 1. The summed E-state index contributed by atoms with van der Waals surface area (Å²) in [6.07, 6.45) is -5.86. The van der Waals surface area contributed by atoms with Crippen molar-refractivity contribution in [3.05, 3.63) is 20.7 Å². The minimum absolute atomic E-state index is 0.288. The van der Waals surface area contributed by atoms with E-state index in [1.807, 2.05) is 4.98 Å². The normalized spacial score (nSPS) is 11.7. The lowest BCUT2D eigenvalue weighted by Crippen LogP contribution is -2.19. The second-order valence-corrected chi connectivity index (χ2v) is 3.24. The summed E-state index contributed by atoms with van der Waals surface area (Å²) in [6, 6.07) is 0. The Kier molecular flexibility index (Phi) is 2.84. The Balaban J connectivity index is 3.08. The molecule has 0 saturated heterocycles. The highest BCUT2D eigenvalue weighted by atomic mass is 79.9. The van der Waals surface area contributed by atoms with E-state index in [-0.39, 0.29) is 4.47 Å². The third-order valence-corrected chi connectivity index (χ3v) is 1.98. The second-order valence-electron chi connectivity index (χ2n) is 2.44. The molecule has 0 amide bonds. The summed E-state index contributed by atoms with van der Waals surface area (Å²) in [5, 5.41) is 8.93. The molecule has 78 valence electrons. The highest BCUT2D eigenvalue weighted by Gasteiger charge is 2.29. The lowest BCUT2D eigenvalue weighted by molar-refractivity contribution is -0.128. The fourth-order valence-electron chi connectivity index (χ4n) is 0.766. The molecule has 0 aliphatic heterocycles. The fraction of sp³-hybridized carbons (Fsp3) is 0.333. The van der Waals surface area contributed by atoms with E-state index in [4.69, 9.17) is 5.11 Å². The number of hydrogen-bond donors (Lipinski definition) is 2. The molecule has 0 fully saturated rings. The fourth-order valence-corrected chi connectivity index (χ4v) is 0.954. The monoisotopic (exact) mass is 272 g/mol. The highest BCUT2D eigenvalue weighted by Crippen LogP contribution is 2.21. The van der Waals surface area contributed by atoms with Crippen molar-refractivity contribution < 1.29 is 18.3 Å². The van der Waals surface area contributed by atoms with Gasteiger partial charge in [0.25, 0.3) is 5.56 Å². The standard InChI is InChI=1S/C6H4BrF3N2O2/c7-3-4(13)11-2(12-5(3)14)1-6(8,9)10/h1H2,(H2,11,12,13,14). The van der Waals surface area contributed by atoms with Gasteiger partial charge in [0.15, 0.2) is 0 Å². The SMILES string of the molecule is O=c1[nH]c(CC(F)(F)F)nc(O)c1Br. The number of nitrogens with one attached hydrogen (secondary N) is 1. The van der Waals surface area contributed by atoms with Gasteiger partial charge in [0.2, 0.25) is 5.88 Å². The van der Waals surface area contributed by atoms with Gasteiger partial charge in [-0.2, -0.15) is 18.2 Å². The molecule has 4 nitrogen and oxygen atoms in total. The van der Waals surface area contributed by atoms with Gasteiger partial charge in [0, 0.05) is 0 Å². The Hall–Kier alpha value is -1.05. The molecular formula is C6H4BrF3N2O2. The van der Waals surface area contributed by atoms with E-state index in [9.17, 15) is 18.0 Å². The molecular weight excluding hydrogens is 269 g/mol. The van der Waals surface area contributed by atoms with Crippen LogP contribution in [0.3, 0.4) is 0 Å². The lowest BCUT2D eigenvalue weighted by atomic mass is 10.4.